The molecular weight excluding hydrogens is 244 g/mol. The van der Waals surface area contributed by atoms with Crippen LogP contribution in [0.2, 0.25) is 0 Å². The minimum atomic E-state index is 0.0141. The quantitative estimate of drug-likeness (QED) is 0.253. The molecule has 0 aromatic carbocycles. The smallest absolute Gasteiger partial charge is 0.188 e. The summed E-state index contributed by atoms with van der Waals surface area (Å²) >= 11 is 0. The van der Waals surface area contributed by atoms with E-state index >= 15 is 0 Å². The van der Waals surface area contributed by atoms with Gasteiger partial charge in [-0.3, -0.25) is 4.98 Å². The van der Waals surface area contributed by atoms with Crippen LogP contribution in [-0.4, -0.2) is 42.8 Å². The van der Waals surface area contributed by atoms with Crippen LogP contribution in [-0.2, 0) is 4.74 Å². The van der Waals surface area contributed by atoms with Crippen LogP contribution in [0.15, 0.2) is 23.5 Å². The van der Waals surface area contributed by atoms with Crippen LogP contribution in [0.5, 0.6) is 0 Å². The fraction of sp³-hybridized carbons (Fsp3) is 0.538. The largest absolute Gasteiger partial charge is 0.409 e. The maximum Gasteiger partial charge on any atom is 0.188 e. The van der Waals surface area contributed by atoms with Crippen molar-refractivity contribution in [3.05, 3.63) is 24.0 Å². The zero-order chi connectivity index (χ0) is 13.7. The third-order valence-electron chi connectivity index (χ3n) is 3.18. The van der Waals surface area contributed by atoms with Crippen LogP contribution in [0.4, 0.5) is 5.69 Å². The minimum Gasteiger partial charge on any atom is -0.409 e. The molecule has 0 amide bonds. The molecule has 0 aliphatic heterocycles. The molecule has 1 heterocycles. The van der Waals surface area contributed by atoms with Crippen molar-refractivity contribution in [2.45, 2.75) is 12.8 Å². The first-order valence-electron chi connectivity index (χ1n) is 6.43. The second-order valence-corrected chi connectivity index (χ2v) is 4.82. The molecule has 0 radical (unpaired) electrons. The van der Waals surface area contributed by atoms with Crippen molar-refractivity contribution in [2.24, 2.45) is 16.8 Å². The number of nitrogens with zero attached hydrogens (tertiary/aromatic N) is 3. The van der Waals surface area contributed by atoms with Gasteiger partial charge in [0.2, 0.25) is 0 Å². The first kappa shape index (κ1) is 13.6. The minimum absolute atomic E-state index is 0.0141. The molecule has 0 spiro atoms. The zero-order valence-electron chi connectivity index (χ0n) is 11.1. The number of amidine groups is 1. The number of pyridine rings is 1. The highest BCUT2D eigenvalue weighted by atomic mass is 16.5. The van der Waals surface area contributed by atoms with E-state index in [0.717, 1.165) is 24.8 Å². The van der Waals surface area contributed by atoms with Gasteiger partial charge in [0.1, 0.15) is 5.69 Å². The van der Waals surface area contributed by atoms with Gasteiger partial charge in [-0.15, -0.1) is 0 Å². The lowest BCUT2D eigenvalue weighted by atomic mass is 10.3. The summed E-state index contributed by atoms with van der Waals surface area (Å²) in [6, 6.07) is 3.67. The molecule has 6 heteroatoms. The highest BCUT2D eigenvalue weighted by molar-refractivity contribution is 5.95. The van der Waals surface area contributed by atoms with Gasteiger partial charge in [-0.05, 0) is 30.9 Å². The molecule has 19 heavy (non-hydrogen) atoms. The SMILES string of the molecule is CN(CCOCC1CC1)c1ccnc(C(N)=NO)c1. The van der Waals surface area contributed by atoms with E-state index < -0.39 is 0 Å². The van der Waals surface area contributed by atoms with Crippen molar-refractivity contribution in [3.8, 4) is 0 Å². The molecule has 1 saturated carbocycles. The van der Waals surface area contributed by atoms with Gasteiger partial charge >= 0.3 is 0 Å². The van der Waals surface area contributed by atoms with Crippen molar-refractivity contribution < 1.29 is 9.94 Å². The van der Waals surface area contributed by atoms with Crippen LogP contribution >= 0.6 is 0 Å². The number of ether oxygens (including phenoxy) is 1. The third-order valence-corrected chi connectivity index (χ3v) is 3.18. The Kier molecular flexibility index (Phi) is 4.57. The molecule has 0 unspecified atom stereocenters. The van der Waals surface area contributed by atoms with Gasteiger partial charge in [0.25, 0.3) is 0 Å². The van der Waals surface area contributed by atoms with Crippen LogP contribution in [0.25, 0.3) is 0 Å². The summed E-state index contributed by atoms with van der Waals surface area (Å²) in [5.74, 6) is 0.804. The molecule has 2 rings (SSSR count). The lowest BCUT2D eigenvalue weighted by Crippen LogP contribution is -2.24. The molecule has 0 atom stereocenters. The van der Waals surface area contributed by atoms with Gasteiger partial charge in [0.15, 0.2) is 5.84 Å². The third kappa shape index (κ3) is 4.10. The van der Waals surface area contributed by atoms with Crippen LogP contribution in [0, 0.1) is 5.92 Å². The Morgan fingerprint density at radius 3 is 3.11 bits per heavy atom. The van der Waals surface area contributed by atoms with Crippen LogP contribution in [0.3, 0.4) is 0 Å². The van der Waals surface area contributed by atoms with Gasteiger partial charge < -0.3 is 20.6 Å². The topological polar surface area (TPSA) is 84.0 Å². The molecule has 0 bridgehead atoms. The van der Waals surface area contributed by atoms with Crippen molar-refractivity contribution in [1.29, 1.82) is 0 Å². The highest BCUT2D eigenvalue weighted by Gasteiger charge is 2.20. The summed E-state index contributed by atoms with van der Waals surface area (Å²) in [5, 5.41) is 11.6. The maximum absolute atomic E-state index is 8.64. The number of anilines is 1. The van der Waals surface area contributed by atoms with Gasteiger partial charge in [-0.25, -0.2) is 0 Å². The van der Waals surface area contributed by atoms with Gasteiger partial charge in [-0.2, -0.15) is 0 Å². The summed E-state index contributed by atoms with van der Waals surface area (Å²) < 4.78 is 5.60. The van der Waals surface area contributed by atoms with E-state index in [4.69, 9.17) is 15.7 Å². The molecule has 1 aromatic heterocycles. The zero-order valence-corrected chi connectivity index (χ0v) is 11.1. The molecular formula is C13H20N4O2. The second kappa shape index (κ2) is 6.38. The summed E-state index contributed by atoms with van der Waals surface area (Å²) in [5.41, 5.74) is 6.95. The highest BCUT2D eigenvalue weighted by Crippen LogP contribution is 2.28. The molecule has 1 aromatic rings. The second-order valence-electron chi connectivity index (χ2n) is 4.82. The lowest BCUT2D eigenvalue weighted by Gasteiger charge is -2.19. The summed E-state index contributed by atoms with van der Waals surface area (Å²) in [6.07, 6.45) is 4.26. The van der Waals surface area contributed by atoms with Gasteiger partial charge in [-0.1, -0.05) is 5.16 Å². The lowest BCUT2D eigenvalue weighted by molar-refractivity contribution is 0.131. The molecule has 3 N–H and O–H groups in total. The summed E-state index contributed by atoms with van der Waals surface area (Å²) in [4.78, 5) is 6.11. The van der Waals surface area contributed by atoms with E-state index in [1.54, 1.807) is 12.3 Å². The average Bonchev–Trinajstić information content (AvgIpc) is 3.26. The maximum atomic E-state index is 8.64. The fourth-order valence-corrected chi connectivity index (χ4v) is 1.71. The Bertz CT molecular complexity index is 446. The number of rotatable bonds is 7. The normalized spacial score (nSPS) is 15.5. The van der Waals surface area contributed by atoms with Crippen molar-refractivity contribution in [1.82, 2.24) is 4.98 Å². The van der Waals surface area contributed by atoms with Crippen molar-refractivity contribution in [2.75, 3.05) is 31.7 Å². The number of nitrogens with two attached hydrogens (primary N) is 1. The number of hydrogen-bond donors (Lipinski definition) is 2. The summed E-state index contributed by atoms with van der Waals surface area (Å²) in [6.45, 7) is 2.38. The van der Waals surface area contributed by atoms with E-state index in [-0.39, 0.29) is 5.84 Å². The number of aromatic nitrogens is 1. The van der Waals surface area contributed by atoms with E-state index in [1.165, 1.54) is 12.8 Å². The van der Waals surface area contributed by atoms with Gasteiger partial charge in [0.05, 0.1) is 6.61 Å². The molecule has 1 fully saturated rings. The Balaban J connectivity index is 1.84. The number of oxime groups is 1. The average molecular weight is 264 g/mol. The Labute approximate surface area is 112 Å². The van der Waals surface area contributed by atoms with E-state index in [9.17, 15) is 0 Å². The summed E-state index contributed by atoms with van der Waals surface area (Å²) in [7, 11) is 1.98. The predicted molar refractivity (Wildman–Crippen MR) is 73.6 cm³/mol. The van der Waals surface area contributed by atoms with E-state index in [2.05, 4.69) is 15.0 Å². The van der Waals surface area contributed by atoms with Crippen molar-refractivity contribution >= 4 is 11.5 Å². The monoisotopic (exact) mass is 264 g/mol. The molecule has 104 valence electrons. The Morgan fingerprint density at radius 1 is 1.63 bits per heavy atom. The van der Waals surface area contributed by atoms with Gasteiger partial charge in [0, 0.05) is 32.1 Å². The molecule has 1 aliphatic rings. The van der Waals surface area contributed by atoms with E-state index in [0.29, 0.717) is 12.3 Å². The predicted octanol–water partition coefficient (Wildman–Crippen LogP) is 1.04. The standard InChI is InChI=1S/C13H20N4O2/c1-17(6-7-19-9-10-2-3-10)11-4-5-15-12(8-11)13(14)16-18/h4-5,8,10,18H,2-3,6-7,9H2,1H3,(H2,14,16). The molecule has 1 aliphatic carbocycles. The Morgan fingerprint density at radius 2 is 2.42 bits per heavy atom. The van der Waals surface area contributed by atoms with Crippen LogP contribution in [0.1, 0.15) is 18.5 Å². The number of hydrogen-bond acceptors (Lipinski definition) is 5. The fourth-order valence-electron chi connectivity index (χ4n) is 1.71. The molecule has 6 nitrogen and oxygen atoms in total. The number of likely N-dealkylation sites (N-methyl/N-ethyl adjacent to an activating group) is 1. The molecule has 0 saturated heterocycles. The Hall–Kier alpha value is -1.82. The first-order chi connectivity index (χ1) is 9.20. The van der Waals surface area contributed by atoms with E-state index in [1.807, 2.05) is 13.1 Å². The van der Waals surface area contributed by atoms with Crippen LogP contribution < -0.4 is 10.6 Å². The first-order valence-corrected chi connectivity index (χ1v) is 6.43. The van der Waals surface area contributed by atoms with Crippen molar-refractivity contribution in [3.63, 3.8) is 0 Å².